The largest absolute Gasteiger partial charge is 0.417 e. The summed E-state index contributed by atoms with van der Waals surface area (Å²) in [6, 6.07) is 12.8. The number of hydrogen-bond acceptors (Lipinski definition) is 3. The van der Waals surface area contributed by atoms with Crippen LogP contribution in [0.1, 0.15) is 67.8 Å². The maximum Gasteiger partial charge on any atom is 0.417 e. The first kappa shape index (κ1) is 24.8. The van der Waals surface area contributed by atoms with Crippen LogP contribution >= 0.6 is 11.6 Å². The molecular formula is C27H28ClF3N4O. The summed E-state index contributed by atoms with van der Waals surface area (Å²) in [5.41, 5.74) is 5.75. The molecule has 2 N–H and O–H groups in total. The van der Waals surface area contributed by atoms with Crippen molar-refractivity contribution in [1.82, 2.24) is 14.8 Å². The van der Waals surface area contributed by atoms with Gasteiger partial charge >= 0.3 is 6.18 Å². The Morgan fingerprint density at radius 3 is 2.33 bits per heavy atom. The van der Waals surface area contributed by atoms with Gasteiger partial charge in [-0.05, 0) is 74.1 Å². The highest BCUT2D eigenvalue weighted by atomic mass is 35.5. The summed E-state index contributed by atoms with van der Waals surface area (Å²) in [4.78, 5) is 12.4. The van der Waals surface area contributed by atoms with Gasteiger partial charge in [-0.3, -0.25) is 4.79 Å². The molecule has 0 radical (unpaired) electrons. The van der Waals surface area contributed by atoms with Crippen molar-refractivity contribution < 1.29 is 18.0 Å². The molecule has 1 amide bonds. The minimum atomic E-state index is -4.48. The fraction of sp³-hybridized carbons (Fsp3) is 0.444. The van der Waals surface area contributed by atoms with Gasteiger partial charge in [0.1, 0.15) is 5.82 Å². The minimum Gasteiger partial charge on any atom is -0.369 e. The molecule has 1 heterocycles. The zero-order valence-electron chi connectivity index (χ0n) is 20.0. The van der Waals surface area contributed by atoms with Gasteiger partial charge in [0.2, 0.25) is 5.91 Å². The van der Waals surface area contributed by atoms with Crippen molar-refractivity contribution in [3.05, 3.63) is 70.5 Å². The van der Waals surface area contributed by atoms with Crippen LogP contribution in [0, 0.1) is 5.41 Å². The van der Waals surface area contributed by atoms with Crippen molar-refractivity contribution >= 4 is 17.5 Å². The average molecular weight is 517 g/mol. The maximum atomic E-state index is 13.6. The van der Waals surface area contributed by atoms with Gasteiger partial charge in [0.25, 0.3) is 0 Å². The van der Waals surface area contributed by atoms with Gasteiger partial charge in [0, 0.05) is 23.0 Å². The Kier molecular flexibility index (Phi) is 6.14. The number of benzene rings is 2. The summed E-state index contributed by atoms with van der Waals surface area (Å²) in [6.45, 7) is 0. The van der Waals surface area contributed by atoms with Crippen LogP contribution in [0.5, 0.6) is 0 Å². The van der Waals surface area contributed by atoms with Crippen molar-refractivity contribution in [3.63, 3.8) is 0 Å². The van der Waals surface area contributed by atoms with Crippen LogP contribution in [0.25, 0.3) is 11.4 Å². The number of fused-ring (bicyclic) bond motifs is 3. The highest BCUT2D eigenvalue weighted by molar-refractivity contribution is 6.30. The average Bonchev–Trinajstić information content (AvgIpc) is 3.25. The summed E-state index contributed by atoms with van der Waals surface area (Å²) in [5, 5.41) is 9.23. The van der Waals surface area contributed by atoms with E-state index < -0.39 is 17.7 Å². The number of hydrogen-bond donors (Lipinski definition) is 1. The number of alkyl halides is 3. The second-order valence-corrected chi connectivity index (χ2v) is 10.9. The second-order valence-electron chi connectivity index (χ2n) is 10.4. The van der Waals surface area contributed by atoms with E-state index >= 15 is 0 Å². The van der Waals surface area contributed by atoms with Crippen LogP contribution in [-0.4, -0.2) is 20.7 Å². The molecule has 3 aliphatic rings. The summed E-state index contributed by atoms with van der Waals surface area (Å²) >= 11 is 6.16. The van der Waals surface area contributed by atoms with E-state index in [1.165, 1.54) is 12.1 Å². The Labute approximate surface area is 212 Å². The highest BCUT2D eigenvalue weighted by Crippen LogP contribution is 2.60. The maximum absolute atomic E-state index is 13.6. The number of rotatable bonds is 6. The molecule has 3 aliphatic carbocycles. The van der Waals surface area contributed by atoms with E-state index in [1.54, 1.807) is 23.7 Å². The number of amides is 1. The van der Waals surface area contributed by atoms with Gasteiger partial charge in [-0.15, -0.1) is 10.2 Å². The quantitative estimate of drug-likeness (QED) is 0.411. The summed E-state index contributed by atoms with van der Waals surface area (Å²) in [6.07, 6.45) is 1.44. The molecular weight excluding hydrogens is 489 g/mol. The SMILES string of the molecule is Cn1c(-c2ccccc2C(F)(F)F)nnc1C12CCC(CC(C(N)=O)c3cccc(Cl)c3)(CC1)CC2. The van der Waals surface area contributed by atoms with Crippen molar-refractivity contribution in [2.75, 3.05) is 0 Å². The van der Waals surface area contributed by atoms with Gasteiger partial charge in [-0.25, -0.2) is 0 Å². The lowest BCUT2D eigenvalue weighted by atomic mass is 9.51. The van der Waals surface area contributed by atoms with Crippen molar-refractivity contribution in [3.8, 4) is 11.4 Å². The van der Waals surface area contributed by atoms with Crippen LogP contribution in [0.2, 0.25) is 5.02 Å². The van der Waals surface area contributed by atoms with Gasteiger partial charge in [-0.2, -0.15) is 13.2 Å². The zero-order valence-corrected chi connectivity index (χ0v) is 20.7. The van der Waals surface area contributed by atoms with Crippen molar-refractivity contribution in [1.29, 1.82) is 0 Å². The van der Waals surface area contributed by atoms with Crippen molar-refractivity contribution in [2.24, 2.45) is 18.2 Å². The molecule has 1 unspecified atom stereocenters. The fourth-order valence-corrected chi connectivity index (χ4v) is 6.59. The molecule has 0 saturated heterocycles. The summed E-state index contributed by atoms with van der Waals surface area (Å²) in [7, 11) is 1.76. The molecule has 36 heavy (non-hydrogen) atoms. The molecule has 0 spiro atoms. The number of carbonyl (C=O) groups is 1. The van der Waals surface area contributed by atoms with Gasteiger partial charge < -0.3 is 10.3 Å². The Morgan fingerprint density at radius 1 is 1.06 bits per heavy atom. The molecule has 0 aliphatic heterocycles. The van der Waals surface area contributed by atoms with Crippen LogP contribution < -0.4 is 5.73 Å². The van der Waals surface area contributed by atoms with E-state index in [-0.39, 0.29) is 28.1 Å². The third kappa shape index (κ3) is 4.29. The van der Waals surface area contributed by atoms with E-state index in [9.17, 15) is 18.0 Å². The Hall–Kier alpha value is -2.87. The standard InChI is InChI=1S/C27H28ClF3N4O/c1-35-23(19-7-2-3-8-21(19)27(29,30)31)33-34-24(35)26-12-9-25(10-13-26,11-14-26)16-20(22(32)36)17-5-4-6-18(28)15-17/h2-8,15,20H,9-14,16H2,1H3,(H2,32,36). The Morgan fingerprint density at radius 2 is 1.72 bits per heavy atom. The van der Waals surface area contributed by atoms with E-state index in [4.69, 9.17) is 17.3 Å². The third-order valence-electron chi connectivity index (χ3n) is 8.46. The first-order valence-electron chi connectivity index (χ1n) is 12.1. The van der Waals surface area contributed by atoms with Crippen molar-refractivity contribution in [2.45, 2.75) is 62.5 Å². The van der Waals surface area contributed by atoms with E-state index in [0.29, 0.717) is 11.4 Å². The Balaban J connectivity index is 1.39. The molecule has 3 aromatic rings. The lowest BCUT2D eigenvalue weighted by Crippen LogP contribution is -2.46. The summed E-state index contributed by atoms with van der Waals surface area (Å²) < 4.78 is 42.6. The minimum absolute atomic E-state index is 0.00588. The first-order valence-corrected chi connectivity index (χ1v) is 12.5. The third-order valence-corrected chi connectivity index (χ3v) is 8.69. The zero-order chi connectivity index (χ0) is 25.7. The molecule has 1 aromatic heterocycles. The van der Waals surface area contributed by atoms with E-state index in [1.807, 2.05) is 18.2 Å². The molecule has 3 fully saturated rings. The molecule has 6 rings (SSSR count). The predicted molar refractivity (Wildman–Crippen MR) is 131 cm³/mol. The van der Waals surface area contributed by atoms with Crippen LogP contribution in [-0.2, 0) is 23.4 Å². The topological polar surface area (TPSA) is 73.8 Å². The summed E-state index contributed by atoms with van der Waals surface area (Å²) in [5.74, 6) is 0.207. The van der Waals surface area contributed by atoms with Crippen LogP contribution in [0.4, 0.5) is 13.2 Å². The molecule has 190 valence electrons. The predicted octanol–water partition coefficient (Wildman–Crippen LogP) is 6.41. The number of nitrogens with zero attached hydrogens (tertiary/aromatic N) is 3. The molecule has 5 nitrogen and oxygen atoms in total. The lowest BCUT2D eigenvalue weighted by Gasteiger charge is -2.53. The van der Waals surface area contributed by atoms with Crippen LogP contribution in [0.3, 0.4) is 0 Å². The fourth-order valence-electron chi connectivity index (χ4n) is 6.39. The van der Waals surface area contributed by atoms with Gasteiger partial charge in [0.05, 0.1) is 11.5 Å². The lowest BCUT2D eigenvalue weighted by molar-refractivity contribution is -0.137. The molecule has 2 aromatic carbocycles. The first-order chi connectivity index (χ1) is 17.0. The Bertz CT molecular complexity index is 1280. The van der Waals surface area contributed by atoms with Crippen LogP contribution in [0.15, 0.2) is 48.5 Å². The second kappa shape index (κ2) is 8.91. The number of carbonyl (C=O) groups excluding carboxylic acids is 1. The number of halogens is 4. The number of nitrogens with two attached hydrogens (primary N) is 1. The number of primary amides is 1. The van der Waals surface area contributed by atoms with E-state index in [2.05, 4.69) is 10.2 Å². The number of aromatic nitrogens is 3. The van der Waals surface area contributed by atoms with Gasteiger partial charge in [0.15, 0.2) is 5.82 Å². The highest BCUT2D eigenvalue weighted by Gasteiger charge is 2.52. The smallest absolute Gasteiger partial charge is 0.369 e. The normalized spacial score (nSPS) is 24.6. The molecule has 9 heteroatoms. The molecule has 2 bridgehead atoms. The monoisotopic (exact) mass is 516 g/mol. The molecule has 1 atom stereocenters. The van der Waals surface area contributed by atoms with Gasteiger partial charge in [-0.1, -0.05) is 41.9 Å². The van der Waals surface area contributed by atoms with E-state index in [0.717, 1.165) is 56.0 Å². The molecule has 3 saturated carbocycles.